The molecule has 0 saturated heterocycles. The number of hydrogen-bond acceptors (Lipinski definition) is 5. The van der Waals surface area contributed by atoms with Gasteiger partial charge in [-0.15, -0.1) is 0 Å². The molecule has 0 spiro atoms. The van der Waals surface area contributed by atoms with E-state index >= 15 is 0 Å². The summed E-state index contributed by atoms with van der Waals surface area (Å²) in [6, 6.07) is 11.3. The number of carbonyl (C=O) groups is 1. The molecule has 0 bridgehead atoms. The van der Waals surface area contributed by atoms with Crippen molar-refractivity contribution in [2.75, 3.05) is 0 Å². The molecule has 0 fully saturated rings. The fourth-order valence-electron chi connectivity index (χ4n) is 2.36. The van der Waals surface area contributed by atoms with Gasteiger partial charge in [-0.05, 0) is 32.0 Å². The first-order valence-corrected chi connectivity index (χ1v) is 8.45. The van der Waals surface area contributed by atoms with Crippen molar-refractivity contribution in [2.45, 2.75) is 45.6 Å². The van der Waals surface area contributed by atoms with Crippen LogP contribution in [-0.4, -0.2) is 25.8 Å². The largest absolute Gasteiger partial charge is 0.339 e. The second kappa shape index (κ2) is 6.40. The molecule has 0 unspecified atom stereocenters. The molecule has 0 radical (unpaired) electrons. The average molecular weight is 353 g/mol. The summed E-state index contributed by atoms with van der Waals surface area (Å²) in [6.45, 7) is 9.64. The third-order valence-corrected chi connectivity index (χ3v) is 3.90. The summed E-state index contributed by atoms with van der Waals surface area (Å²) in [5, 5.41) is 11.3. The van der Waals surface area contributed by atoms with E-state index in [0.29, 0.717) is 17.4 Å². The number of aromatic nitrogens is 4. The molecular formula is C19H23N5O2. The minimum Gasteiger partial charge on any atom is -0.339 e. The van der Waals surface area contributed by atoms with Crippen molar-refractivity contribution in [3.8, 4) is 5.69 Å². The van der Waals surface area contributed by atoms with Gasteiger partial charge < -0.3 is 9.84 Å². The van der Waals surface area contributed by atoms with Crippen LogP contribution < -0.4 is 5.32 Å². The van der Waals surface area contributed by atoms with Crippen LogP contribution in [0.1, 0.15) is 56.8 Å². The summed E-state index contributed by atoms with van der Waals surface area (Å²) in [6.07, 6.45) is 1.75. The van der Waals surface area contributed by atoms with Crippen LogP contribution in [0, 0.1) is 0 Å². The Hall–Kier alpha value is -2.96. The number of benzene rings is 1. The van der Waals surface area contributed by atoms with Gasteiger partial charge in [0, 0.05) is 11.6 Å². The van der Waals surface area contributed by atoms with E-state index in [0.717, 1.165) is 5.69 Å². The normalized spacial score (nSPS) is 12.2. The first-order valence-electron chi connectivity index (χ1n) is 8.45. The van der Waals surface area contributed by atoms with Crippen LogP contribution in [0.4, 0.5) is 0 Å². The van der Waals surface area contributed by atoms with Crippen molar-refractivity contribution in [3.05, 3.63) is 60.0 Å². The van der Waals surface area contributed by atoms with Gasteiger partial charge in [0.2, 0.25) is 5.89 Å². The van der Waals surface area contributed by atoms with Crippen LogP contribution in [0.15, 0.2) is 47.1 Å². The maximum atomic E-state index is 12.6. The fourth-order valence-corrected chi connectivity index (χ4v) is 2.36. The zero-order chi connectivity index (χ0) is 18.9. The van der Waals surface area contributed by atoms with Crippen molar-refractivity contribution >= 4 is 5.91 Å². The monoisotopic (exact) mass is 353 g/mol. The van der Waals surface area contributed by atoms with Crippen LogP contribution in [-0.2, 0) is 11.0 Å². The van der Waals surface area contributed by atoms with Gasteiger partial charge in [-0.3, -0.25) is 4.79 Å². The zero-order valence-corrected chi connectivity index (χ0v) is 15.6. The van der Waals surface area contributed by atoms with E-state index in [1.165, 1.54) is 0 Å². The quantitative estimate of drug-likeness (QED) is 0.778. The molecule has 3 rings (SSSR count). The summed E-state index contributed by atoms with van der Waals surface area (Å²) in [5.74, 6) is 0.660. The van der Waals surface area contributed by atoms with Gasteiger partial charge in [0.15, 0.2) is 11.5 Å². The SMILES string of the molecule is CC(C)(C)c1nc(C(C)(C)NC(=O)c2ccn(-c3ccccc3)n2)no1. The predicted octanol–water partition coefficient (Wildman–Crippen LogP) is 3.22. The first kappa shape index (κ1) is 17.8. The Balaban J connectivity index is 1.77. The third kappa shape index (κ3) is 3.66. The van der Waals surface area contributed by atoms with Gasteiger partial charge in [0.25, 0.3) is 5.91 Å². The van der Waals surface area contributed by atoms with Crippen molar-refractivity contribution in [2.24, 2.45) is 0 Å². The molecule has 1 aromatic carbocycles. The molecule has 1 amide bonds. The molecule has 0 aliphatic heterocycles. The lowest BCUT2D eigenvalue weighted by atomic mass is 9.97. The molecule has 2 heterocycles. The lowest BCUT2D eigenvalue weighted by molar-refractivity contribution is 0.0901. The van der Waals surface area contributed by atoms with Crippen molar-refractivity contribution < 1.29 is 9.32 Å². The highest BCUT2D eigenvalue weighted by Gasteiger charge is 2.32. The number of nitrogens with zero attached hydrogens (tertiary/aromatic N) is 4. The van der Waals surface area contributed by atoms with Gasteiger partial charge in [-0.1, -0.05) is 44.1 Å². The van der Waals surface area contributed by atoms with Gasteiger partial charge in [-0.2, -0.15) is 10.1 Å². The Kier molecular flexibility index (Phi) is 4.39. The molecule has 0 atom stereocenters. The molecule has 7 heteroatoms. The van der Waals surface area contributed by atoms with E-state index in [1.807, 2.05) is 65.0 Å². The number of carbonyl (C=O) groups excluding carboxylic acids is 1. The van der Waals surface area contributed by atoms with Crippen LogP contribution in [0.3, 0.4) is 0 Å². The average Bonchev–Trinajstić information content (AvgIpc) is 3.25. The summed E-state index contributed by atoms with van der Waals surface area (Å²) in [7, 11) is 0. The molecular weight excluding hydrogens is 330 g/mol. The highest BCUT2D eigenvalue weighted by atomic mass is 16.5. The lowest BCUT2D eigenvalue weighted by Gasteiger charge is -2.21. The van der Waals surface area contributed by atoms with Crippen molar-refractivity contribution in [3.63, 3.8) is 0 Å². The molecule has 0 aliphatic carbocycles. The molecule has 0 aliphatic rings. The van der Waals surface area contributed by atoms with E-state index < -0.39 is 5.54 Å². The highest BCUT2D eigenvalue weighted by molar-refractivity contribution is 5.92. The van der Waals surface area contributed by atoms with Gasteiger partial charge in [0.1, 0.15) is 0 Å². The van der Waals surface area contributed by atoms with Crippen LogP contribution in [0.5, 0.6) is 0 Å². The third-order valence-electron chi connectivity index (χ3n) is 3.90. The molecule has 2 aromatic heterocycles. The minimum absolute atomic E-state index is 0.250. The molecule has 136 valence electrons. The maximum Gasteiger partial charge on any atom is 0.272 e. The molecule has 26 heavy (non-hydrogen) atoms. The molecule has 3 aromatic rings. The fraction of sp³-hybridized carbons (Fsp3) is 0.368. The van der Waals surface area contributed by atoms with E-state index in [2.05, 4.69) is 20.6 Å². The summed E-state index contributed by atoms with van der Waals surface area (Å²) in [4.78, 5) is 17.0. The van der Waals surface area contributed by atoms with Gasteiger partial charge >= 0.3 is 0 Å². The van der Waals surface area contributed by atoms with Gasteiger partial charge in [-0.25, -0.2) is 4.68 Å². The Morgan fingerprint density at radius 3 is 2.38 bits per heavy atom. The molecule has 0 saturated carbocycles. The summed E-state index contributed by atoms with van der Waals surface area (Å²) in [5.41, 5.74) is 0.167. The standard InChI is InChI=1S/C19H23N5O2/c1-18(2,3)17-20-16(23-26-17)19(4,5)21-15(25)14-11-12-24(22-14)13-9-7-6-8-10-13/h6-12H,1-5H3,(H,21,25). The predicted molar refractivity (Wildman–Crippen MR) is 97.1 cm³/mol. The van der Waals surface area contributed by atoms with Crippen LogP contribution in [0.2, 0.25) is 0 Å². The summed E-state index contributed by atoms with van der Waals surface area (Å²) < 4.78 is 6.99. The maximum absolute atomic E-state index is 12.6. The number of para-hydroxylation sites is 1. The Morgan fingerprint density at radius 2 is 1.77 bits per heavy atom. The van der Waals surface area contributed by atoms with Crippen molar-refractivity contribution in [1.82, 2.24) is 25.2 Å². The highest BCUT2D eigenvalue weighted by Crippen LogP contribution is 2.24. The smallest absolute Gasteiger partial charge is 0.272 e. The molecule has 1 N–H and O–H groups in total. The number of rotatable bonds is 4. The Labute approximate surface area is 152 Å². The van der Waals surface area contributed by atoms with E-state index in [4.69, 9.17) is 4.52 Å². The van der Waals surface area contributed by atoms with Crippen molar-refractivity contribution in [1.29, 1.82) is 0 Å². The second-order valence-electron chi connectivity index (χ2n) is 7.73. The number of nitrogens with one attached hydrogen (secondary N) is 1. The number of amides is 1. The molecule has 7 nitrogen and oxygen atoms in total. The van der Waals surface area contributed by atoms with Crippen LogP contribution in [0.25, 0.3) is 5.69 Å². The number of hydrogen-bond donors (Lipinski definition) is 1. The summed E-state index contributed by atoms with van der Waals surface area (Å²) >= 11 is 0. The first-order chi connectivity index (χ1) is 12.2. The van der Waals surface area contributed by atoms with Gasteiger partial charge in [0.05, 0.1) is 11.2 Å². The second-order valence-corrected chi connectivity index (χ2v) is 7.73. The zero-order valence-electron chi connectivity index (χ0n) is 15.6. The topological polar surface area (TPSA) is 85.8 Å². The van der Waals surface area contributed by atoms with E-state index in [1.54, 1.807) is 16.9 Å². The van der Waals surface area contributed by atoms with E-state index in [9.17, 15) is 4.79 Å². The van der Waals surface area contributed by atoms with Crippen LogP contribution >= 0.6 is 0 Å². The Bertz CT molecular complexity index is 903. The Morgan fingerprint density at radius 1 is 1.08 bits per heavy atom. The minimum atomic E-state index is -0.791. The van der Waals surface area contributed by atoms with E-state index in [-0.39, 0.29) is 11.3 Å². The lowest BCUT2D eigenvalue weighted by Crippen LogP contribution is -2.42.